The number of carbonyl (C=O) groups excluding carboxylic acids is 1. The molecule has 4 N–H and O–H groups in total. The van der Waals surface area contributed by atoms with Gasteiger partial charge in [0.1, 0.15) is 0 Å². The van der Waals surface area contributed by atoms with Crippen molar-refractivity contribution < 1.29 is 13.2 Å². The summed E-state index contributed by atoms with van der Waals surface area (Å²) in [6.07, 6.45) is 0.855. The van der Waals surface area contributed by atoms with E-state index in [1.807, 2.05) is 12.1 Å². The van der Waals surface area contributed by atoms with Crippen LogP contribution in [-0.4, -0.2) is 33.2 Å². The fraction of sp³-hybridized carbons (Fsp3) is 0.462. The van der Waals surface area contributed by atoms with Gasteiger partial charge in [0.05, 0.1) is 12.2 Å². The van der Waals surface area contributed by atoms with Crippen LogP contribution in [-0.2, 0) is 21.2 Å². The Morgan fingerprint density at radius 2 is 1.85 bits per heavy atom. The molecule has 0 unspecified atom stereocenters. The maximum Gasteiger partial charge on any atom is 0.224 e. The van der Waals surface area contributed by atoms with Gasteiger partial charge in [0.2, 0.25) is 15.9 Å². The zero-order valence-corrected chi connectivity index (χ0v) is 12.4. The summed E-state index contributed by atoms with van der Waals surface area (Å²) in [5, 5.41) is 2.75. The highest BCUT2D eigenvalue weighted by atomic mass is 32.2. The highest BCUT2D eigenvalue weighted by molar-refractivity contribution is 7.89. The third-order valence-electron chi connectivity index (χ3n) is 2.72. The molecular weight excluding hydrogens is 278 g/mol. The average molecular weight is 299 g/mol. The lowest BCUT2D eigenvalue weighted by molar-refractivity contribution is -0.120. The highest BCUT2D eigenvalue weighted by Gasteiger charge is 2.05. The minimum atomic E-state index is -3.15. The molecule has 0 radical (unpaired) electrons. The number of benzene rings is 1. The Kier molecular flexibility index (Phi) is 6.47. The molecule has 1 amide bonds. The first-order chi connectivity index (χ1) is 9.43. The van der Waals surface area contributed by atoms with Gasteiger partial charge < -0.3 is 11.1 Å². The summed E-state index contributed by atoms with van der Waals surface area (Å²) in [5.74, 6) is -0.0237. The second-order valence-corrected chi connectivity index (χ2v) is 6.52. The third-order valence-corrected chi connectivity index (χ3v) is 4.13. The normalized spacial score (nSPS) is 11.2. The maximum absolute atomic E-state index is 11.6. The Morgan fingerprint density at radius 1 is 1.20 bits per heavy atom. The summed E-state index contributed by atoms with van der Waals surface area (Å²) in [6.45, 7) is 2.36. The van der Waals surface area contributed by atoms with Gasteiger partial charge in [-0.25, -0.2) is 13.1 Å². The van der Waals surface area contributed by atoms with Crippen LogP contribution < -0.4 is 15.8 Å². The van der Waals surface area contributed by atoms with Gasteiger partial charge in [0, 0.05) is 18.8 Å². The molecule has 0 aliphatic carbocycles. The molecule has 0 aliphatic rings. The fourth-order valence-corrected chi connectivity index (χ4v) is 2.19. The van der Waals surface area contributed by atoms with Crippen LogP contribution in [0.3, 0.4) is 0 Å². The van der Waals surface area contributed by atoms with Crippen molar-refractivity contribution in [1.29, 1.82) is 0 Å². The van der Waals surface area contributed by atoms with E-state index in [-0.39, 0.29) is 11.7 Å². The molecule has 0 saturated heterocycles. The van der Waals surface area contributed by atoms with Crippen molar-refractivity contribution in [2.75, 3.05) is 24.6 Å². The first-order valence-electron chi connectivity index (χ1n) is 6.51. The molecule has 0 aliphatic heterocycles. The Balaban J connectivity index is 2.19. The lowest BCUT2D eigenvalue weighted by atomic mass is 10.1. The summed E-state index contributed by atoms with van der Waals surface area (Å²) < 4.78 is 24.8. The molecule has 112 valence electrons. The minimum absolute atomic E-state index is 0.0660. The smallest absolute Gasteiger partial charge is 0.224 e. The van der Waals surface area contributed by atoms with E-state index in [1.54, 1.807) is 19.1 Å². The van der Waals surface area contributed by atoms with Crippen molar-refractivity contribution in [1.82, 2.24) is 10.0 Å². The van der Waals surface area contributed by atoms with Gasteiger partial charge in [-0.15, -0.1) is 0 Å². The fourth-order valence-electron chi connectivity index (χ4n) is 1.53. The molecule has 0 atom stereocenters. The van der Waals surface area contributed by atoms with E-state index < -0.39 is 10.0 Å². The number of anilines is 1. The molecule has 0 aromatic heterocycles. The van der Waals surface area contributed by atoms with E-state index in [1.165, 1.54) is 0 Å². The summed E-state index contributed by atoms with van der Waals surface area (Å²) in [5.41, 5.74) is 7.12. The number of rotatable bonds is 8. The van der Waals surface area contributed by atoms with Crippen molar-refractivity contribution in [3.05, 3.63) is 29.8 Å². The zero-order chi connectivity index (χ0) is 15.0. The largest absolute Gasteiger partial charge is 0.399 e. The number of nitrogens with one attached hydrogen (secondary N) is 2. The topological polar surface area (TPSA) is 101 Å². The van der Waals surface area contributed by atoms with E-state index in [0.717, 1.165) is 5.56 Å². The number of amides is 1. The van der Waals surface area contributed by atoms with Crippen LogP contribution in [0.25, 0.3) is 0 Å². The molecule has 0 spiro atoms. The molecule has 0 heterocycles. The van der Waals surface area contributed by atoms with Crippen LogP contribution in [0.15, 0.2) is 24.3 Å². The number of hydrogen-bond acceptors (Lipinski definition) is 4. The molecule has 0 saturated carbocycles. The molecule has 0 fully saturated rings. The number of carbonyl (C=O) groups is 1. The van der Waals surface area contributed by atoms with Gasteiger partial charge in [-0.05, 0) is 31.0 Å². The van der Waals surface area contributed by atoms with E-state index >= 15 is 0 Å². The molecule has 1 aromatic rings. The molecule has 7 heteroatoms. The van der Waals surface area contributed by atoms with Gasteiger partial charge >= 0.3 is 0 Å². The van der Waals surface area contributed by atoms with E-state index in [2.05, 4.69) is 10.0 Å². The number of hydrogen-bond donors (Lipinski definition) is 3. The third kappa shape index (κ3) is 6.53. The summed E-state index contributed by atoms with van der Waals surface area (Å²) in [4.78, 5) is 11.6. The first kappa shape index (κ1) is 16.5. The summed E-state index contributed by atoms with van der Waals surface area (Å²) in [6, 6.07) is 7.12. The van der Waals surface area contributed by atoms with E-state index in [4.69, 9.17) is 5.73 Å². The predicted octanol–water partition coefficient (Wildman–Crippen LogP) is 0.257. The van der Waals surface area contributed by atoms with Crippen LogP contribution in [0.2, 0.25) is 0 Å². The minimum Gasteiger partial charge on any atom is -0.399 e. The second-order valence-electron chi connectivity index (χ2n) is 4.42. The van der Waals surface area contributed by atoms with Crippen LogP contribution in [0.4, 0.5) is 5.69 Å². The zero-order valence-electron chi connectivity index (χ0n) is 11.6. The Morgan fingerprint density at radius 3 is 2.45 bits per heavy atom. The summed E-state index contributed by atoms with van der Waals surface area (Å²) in [7, 11) is -3.15. The molecular formula is C13H21N3O3S. The molecule has 20 heavy (non-hydrogen) atoms. The van der Waals surface area contributed by atoms with E-state index in [9.17, 15) is 13.2 Å². The number of nitrogens with two attached hydrogens (primary N) is 1. The van der Waals surface area contributed by atoms with Crippen molar-refractivity contribution in [2.24, 2.45) is 0 Å². The van der Waals surface area contributed by atoms with Crippen LogP contribution in [0.1, 0.15) is 18.9 Å². The van der Waals surface area contributed by atoms with Crippen molar-refractivity contribution in [2.45, 2.75) is 19.8 Å². The van der Waals surface area contributed by atoms with Crippen molar-refractivity contribution >= 4 is 21.6 Å². The average Bonchev–Trinajstić information content (AvgIpc) is 2.41. The van der Waals surface area contributed by atoms with Crippen LogP contribution in [0, 0.1) is 0 Å². The lowest BCUT2D eigenvalue weighted by Gasteiger charge is -2.06. The van der Waals surface area contributed by atoms with Gasteiger partial charge in [-0.3, -0.25) is 4.79 Å². The lowest BCUT2D eigenvalue weighted by Crippen LogP contribution is -2.31. The van der Waals surface area contributed by atoms with Gasteiger partial charge in [0.15, 0.2) is 0 Å². The monoisotopic (exact) mass is 299 g/mol. The maximum atomic E-state index is 11.6. The molecule has 1 aromatic carbocycles. The van der Waals surface area contributed by atoms with Crippen LogP contribution in [0.5, 0.6) is 0 Å². The Hall–Kier alpha value is -1.60. The number of sulfonamides is 1. The quantitative estimate of drug-likeness (QED) is 0.473. The van der Waals surface area contributed by atoms with Gasteiger partial charge in [-0.1, -0.05) is 12.1 Å². The van der Waals surface area contributed by atoms with Crippen molar-refractivity contribution in [3.8, 4) is 0 Å². The Labute approximate surface area is 119 Å². The summed E-state index contributed by atoms with van der Waals surface area (Å²) >= 11 is 0. The van der Waals surface area contributed by atoms with Crippen molar-refractivity contribution in [3.63, 3.8) is 0 Å². The predicted molar refractivity (Wildman–Crippen MR) is 79.6 cm³/mol. The number of nitrogen functional groups attached to an aromatic ring is 1. The van der Waals surface area contributed by atoms with Gasteiger partial charge in [-0.2, -0.15) is 0 Å². The highest BCUT2D eigenvalue weighted by Crippen LogP contribution is 2.05. The van der Waals surface area contributed by atoms with Gasteiger partial charge in [0.25, 0.3) is 0 Å². The molecule has 0 bridgehead atoms. The molecule has 6 nitrogen and oxygen atoms in total. The SMILES string of the molecule is CCS(=O)(=O)NCCCNC(=O)Cc1ccc(N)cc1. The van der Waals surface area contributed by atoms with E-state index in [0.29, 0.717) is 31.6 Å². The Bertz CT molecular complexity index is 526. The second kappa shape index (κ2) is 7.86. The first-order valence-corrected chi connectivity index (χ1v) is 8.16. The van der Waals surface area contributed by atoms with Crippen LogP contribution >= 0.6 is 0 Å². The standard InChI is InChI=1S/C13H21N3O3S/c1-2-20(18,19)16-9-3-8-15-13(17)10-11-4-6-12(14)7-5-11/h4-7,16H,2-3,8-10,14H2,1H3,(H,15,17). The molecule has 1 rings (SSSR count).